The molecule has 0 atom stereocenters. The molecule has 0 radical (unpaired) electrons. The molecule has 0 aliphatic carbocycles. The van der Waals surface area contributed by atoms with Crippen molar-refractivity contribution in [3.05, 3.63) is 12.4 Å². The lowest BCUT2D eigenvalue weighted by molar-refractivity contribution is 0.305. The van der Waals surface area contributed by atoms with E-state index < -0.39 is 0 Å². The molecule has 0 unspecified atom stereocenters. The second kappa shape index (κ2) is 6.24. The van der Waals surface area contributed by atoms with Crippen molar-refractivity contribution in [2.75, 3.05) is 23.8 Å². The van der Waals surface area contributed by atoms with Crippen LogP contribution in [-0.4, -0.2) is 26.5 Å². The summed E-state index contributed by atoms with van der Waals surface area (Å²) in [6, 6.07) is 1.48. The Labute approximate surface area is 120 Å². The smallest absolute Gasteiger partial charge is 0.241 e. The number of nitrogens with zero attached hydrogens (tertiary/aromatic N) is 4. The standard InChI is InChI=1S/C11H15N7OS/c1-2-3-19-9-8(14)10(16-5-15-9)20-11-17-6(12)4-7(13)18-11/h4-5H,2-3,14H2,1H3,(H4,12,13,17,18). The van der Waals surface area contributed by atoms with E-state index in [1.807, 2.05) is 6.92 Å². The van der Waals surface area contributed by atoms with Gasteiger partial charge >= 0.3 is 0 Å². The molecule has 8 nitrogen and oxygen atoms in total. The van der Waals surface area contributed by atoms with Crippen molar-refractivity contribution in [1.29, 1.82) is 0 Å². The Bertz CT molecular complexity index is 587. The molecule has 9 heteroatoms. The van der Waals surface area contributed by atoms with Crippen LogP contribution in [0.2, 0.25) is 0 Å². The van der Waals surface area contributed by atoms with Crippen LogP contribution in [0.5, 0.6) is 5.88 Å². The highest BCUT2D eigenvalue weighted by atomic mass is 32.2. The molecule has 0 bridgehead atoms. The van der Waals surface area contributed by atoms with E-state index in [1.165, 1.54) is 12.4 Å². The van der Waals surface area contributed by atoms with Gasteiger partial charge in [0, 0.05) is 6.07 Å². The summed E-state index contributed by atoms with van der Waals surface area (Å²) in [5.41, 5.74) is 17.5. The first-order chi connectivity index (χ1) is 9.60. The van der Waals surface area contributed by atoms with Gasteiger partial charge in [0.25, 0.3) is 0 Å². The van der Waals surface area contributed by atoms with Crippen molar-refractivity contribution in [2.24, 2.45) is 0 Å². The van der Waals surface area contributed by atoms with Crippen LogP contribution in [0.1, 0.15) is 13.3 Å². The van der Waals surface area contributed by atoms with Crippen LogP contribution in [-0.2, 0) is 0 Å². The Morgan fingerprint density at radius 3 is 2.50 bits per heavy atom. The molecular formula is C11H15N7OS. The fourth-order valence-electron chi connectivity index (χ4n) is 1.35. The van der Waals surface area contributed by atoms with E-state index in [0.29, 0.717) is 28.4 Å². The first-order valence-electron chi connectivity index (χ1n) is 5.91. The maximum absolute atomic E-state index is 5.96. The van der Waals surface area contributed by atoms with Gasteiger partial charge in [0.15, 0.2) is 5.16 Å². The molecule has 20 heavy (non-hydrogen) atoms. The SMILES string of the molecule is CCCOc1ncnc(Sc2nc(N)cc(N)n2)c1N. The lowest BCUT2D eigenvalue weighted by atomic mass is 10.5. The van der Waals surface area contributed by atoms with Gasteiger partial charge in [0.1, 0.15) is 28.7 Å². The molecular weight excluding hydrogens is 278 g/mol. The van der Waals surface area contributed by atoms with Crippen LogP contribution in [0.4, 0.5) is 17.3 Å². The fourth-order valence-corrected chi connectivity index (χ4v) is 2.13. The van der Waals surface area contributed by atoms with Crippen LogP contribution >= 0.6 is 11.8 Å². The minimum absolute atomic E-state index is 0.287. The van der Waals surface area contributed by atoms with E-state index in [0.717, 1.165) is 18.2 Å². The zero-order valence-electron chi connectivity index (χ0n) is 10.9. The van der Waals surface area contributed by atoms with Crippen molar-refractivity contribution in [1.82, 2.24) is 19.9 Å². The van der Waals surface area contributed by atoms with Crippen LogP contribution in [0.3, 0.4) is 0 Å². The molecule has 106 valence electrons. The van der Waals surface area contributed by atoms with E-state index in [9.17, 15) is 0 Å². The van der Waals surface area contributed by atoms with E-state index >= 15 is 0 Å². The molecule has 0 aliphatic heterocycles. The van der Waals surface area contributed by atoms with Crippen LogP contribution in [0.25, 0.3) is 0 Å². The maximum Gasteiger partial charge on any atom is 0.241 e. The van der Waals surface area contributed by atoms with Gasteiger partial charge in [-0.05, 0) is 18.2 Å². The number of nitrogens with two attached hydrogens (primary N) is 3. The monoisotopic (exact) mass is 293 g/mol. The molecule has 0 aliphatic rings. The predicted molar refractivity (Wildman–Crippen MR) is 77.2 cm³/mol. The van der Waals surface area contributed by atoms with Crippen molar-refractivity contribution < 1.29 is 4.74 Å². The van der Waals surface area contributed by atoms with Crippen LogP contribution in [0, 0.1) is 0 Å². The van der Waals surface area contributed by atoms with Gasteiger partial charge in [0.05, 0.1) is 6.61 Å². The zero-order chi connectivity index (χ0) is 14.5. The van der Waals surface area contributed by atoms with Gasteiger partial charge in [-0.3, -0.25) is 0 Å². The first-order valence-corrected chi connectivity index (χ1v) is 6.73. The first kappa shape index (κ1) is 14.1. The number of hydrogen-bond donors (Lipinski definition) is 3. The molecule has 0 amide bonds. The van der Waals surface area contributed by atoms with Gasteiger partial charge < -0.3 is 21.9 Å². The highest BCUT2D eigenvalue weighted by molar-refractivity contribution is 7.99. The molecule has 0 aromatic carbocycles. The maximum atomic E-state index is 5.96. The Kier molecular flexibility index (Phi) is 4.41. The fraction of sp³-hybridized carbons (Fsp3) is 0.273. The summed E-state index contributed by atoms with van der Waals surface area (Å²) in [7, 11) is 0. The topological polar surface area (TPSA) is 139 Å². The summed E-state index contributed by atoms with van der Waals surface area (Å²) >= 11 is 1.15. The largest absolute Gasteiger partial charge is 0.476 e. The van der Waals surface area contributed by atoms with Gasteiger partial charge in [-0.1, -0.05) is 6.92 Å². The molecule has 6 N–H and O–H groups in total. The van der Waals surface area contributed by atoms with Crippen LogP contribution in [0.15, 0.2) is 22.6 Å². The van der Waals surface area contributed by atoms with Crippen molar-refractivity contribution in [2.45, 2.75) is 23.5 Å². The van der Waals surface area contributed by atoms with Crippen LogP contribution < -0.4 is 21.9 Å². The Morgan fingerprint density at radius 2 is 1.85 bits per heavy atom. The van der Waals surface area contributed by atoms with Crippen molar-refractivity contribution >= 4 is 29.1 Å². The highest BCUT2D eigenvalue weighted by Crippen LogP contribution is 2.32. The van der Waals surface area contributed by atoms with Gasteiger partial charge in [-0.2, -0.15) is 4.98 Å². The van der Waals surface area contributed by atoms with Gasteiger partial charge in [0.2, 0.25) is 5.88 Å². The third-order valence-electron chi connectivity index (χ3n) is 2.19. The Hall–Kier alpha value is -2.29. The highest BCUT2D eigenvalue weighted by Gasteiger charge is 2.12. The molecule has 2 aromatic heterocycles. The normalized spacial score (nSPS) is 10.4. The summed E-state index contributed by atoms with van der Waals surface area (Å²) in [6.45, 7) is 2.53. The molecule has 0 spiro atoms. The predicted octanol–water partition coefficient (Wildman–Crippen LogP) is 0.953. The second-order valence-corrected chi connectivity index (χ2v) is 4.80. The molecule has 2 aromatic rings. The lowest BCUT2D eigenvalue weighted by Crippen LogP contribution is -2.04. The third kappa shape index (κ3) is 3.38. The van der Waals surface area contributed by atoms with Gasteiger partial charge in [-0.15, -0.1) is 0 Å². The Morgan fingerprint density at radius 1 is 1.15 bits per heavy atom. The summed E-state index contributed by atoms with van der Waals surface area (Å²) in [5, 5.41) is 0.866. The van der Waals surface area contributed by atoms with E-state index in [-0.39, 0.29) is 11.6 Å². The summed E-state index contributed by atoms with van der Waals surface area (Å²) in [4.78, 5) is 16.2. The van der Waals surface area contributed by atoms with E-state index in [4.69, 9.17) is 21.9 Å². The molecule has 2 heterocycles. The summed E-state index contributed by atoms with van der Waals surface area (Å²) in [5.74, 6) is 0.923. The van der Waals surface area contributed by atoms with Crippen molar-refractivity contribution in [3.8, 4) is 5.88 Å². The number of rotatable bonds is 5. The average Bonchev–Trinajstić information content (AvgIpc) is 2.38. The number of hydrogen-bond acceptors (Lipinski definition) is 9. The van der Waals surface area contributed by atoms with E-state index in [1.54, 1.807) is 0 Å². The molecule has 2 rings (SSSR count). The van der Waals surface area contributed by atoms with Crippen molar-refractivity contribution in [3.63, 3.8) is 0 Å². The number of aromatic nitrogens is 4. The number of nitrogen functional groups attached to an aromatic ring is 3. The summed E-state index contributed by atoms with van der Waals surface area (Å²) in [6.07, 6.45) is 2.24. The second-order valence-electron chi connectivity index (χ2n) is 3.85. The number of anilines is 3. The molecule has 0 saturated carbocycles. The lowest BCUT2D eigenvalue weighted by Gasteiger charge is -2.09. The summed E-state index contributed by atoms with van der Waals surface area (Å²) < 4.78 is 5.43. The zero-order valence-corrected chi connectivity index (χ0v) is 11.7. The molecule has 0 fully saturated rings. The quantitative estimate of drug-likeness (QED) is 0.543. The number of ether oxygens (including phenoxy) is 1. The molecule has 0 saturated heterocycles. The minimum atomic E-state index is 0.287. The average molecular weight is 293 g/mol. The van der Waals surface area contributed by atoms with Gasteiger partial charge in [-0.25, -0.2) is 15.0 Å². The Balaban J connectivity index is 2.24. The van der Waals surface area contributed by atoms with E-state index in [2.05, 4.69) is 19.9 Å². The third-order valence-corrected chi connectivity index (χ3v) is 3.07. The minimum Gasteiger partial charge on any atom is -0.476 e.